The fourth-order valence-corrected chi connectivity index (χ4v) is 4.56. The van der Waals surface area contributed by atoms with Crippen molar-refractivity contribution in [3.05, 3.63) is 143 Å². The lowest BCUT2D eigenvalue weighted by molar-refractivity contribution is 0.474. The summed E-state index contributed by atoms with van der Waals surface area (Å²) in [6.07, 6.45) is 4.21. The molecule has 0 spiro atoms. The summed E-state index contributed by atoms with van der Waals surface area (Å²) >= 11 is 0. The zero-order valence-electron chi connectivity index (χ0n) is 20.3. The molecule has 4 aromatic rings. The maximum absolute atomic E-state index is 9.78. The normalized spacial score (nSPS) is 12.3. The molecule has 0 aliphatic rings. The number of phenols is 4. The zero-order valence-corrected chi connectivity index (χ0v) is 20.3. The number of aromatic hydroxyl groups is 4. The van der Waals surface area contributed by atoms with Crippen LogP contribution in [0.3, 0.4) is 0 Å². The maximum Gasteiger partial charge on any atom is 0.115 e. The maximum atomic E-state index is 9.78. The predicted molar refractivity (Wildman–Crippen MR) is 144 cm³/mol. The third-order valence-electron chi connectivity index (χ3n) is 6.43. The highest BCUT2D eigenvalue weighted by molar-refractivity contribution is 5.47. The molecule has 0 saturated carbocycles. The number of allylic oxidation sites excluding steroid dienone is 4. The molecule has 0 atom stereocenters. The summed E-state index contributed by atoms with van der Waals surface area (Å²) in [5.41, 5.74) is 6.33. The minimum absolute atomic E-state index is 0.0592. The predicted octanol–water partition coefficient (Wildman–Crippen LogP) is 7.37. The first kappa shape index (κ1) is 24.7. The Morgan fingerprint density at radius 3 is 0.806 bits per heavy atom. The summed E-state index contributed by atoms with van der Waals surface area (Å²) in [4.78, 5) is 0. The molecule has 4 rings (SSSR count). The number of hydrogen-bond donors (Lipinski definition) is 4. The molecule has 182 valence electrons. The van der Waals surface area contributed by atoms with E-state index in [9.17, 15) is 20.4 Å². The molecule has 4 N–H and O–H groups in total. The molecule has 0 aromatic heterocycles. The van der Waals surface area contributed by atoms with Gasteiger partial charge in [-0.05, 0) is 84.6 Å². The summed E-state index contributed by atoms with van der Waals surface area (Å²) in [5.74, 6) is 0.738. The standard InChI is InChI=1S/C32H30O4/c1-21(31(23-5-13-27(33)14-6-23)24-7-15-28(34)16-8-24)3-4-22(2)32(25-9-17-29(35)18-10-25)26-11-19-30(36)20-12-26/h3-20,31-36H,1-2H3/b21-3+,22-4+. The number of phenolic OH excluding ortho intramolecular Hbond substituents is 4. The van der Waals surface area contributed by atoms with Gasteiger partial charge in [0.2, 0.25) is 0 Å². The Morgan fingerprint density at radius 2 is 0.611 bits per heavy atom. The van der Waals surface area contributed by atoms with Gasteiger partial charge in [0.05, 0.1) is 0 Å². The molecule has 4 aromatic carbocycles. The molecule has 0 fully saturated rings. The highest BCUT2D eigenvalue weighted by Gasteiger charge is 2.18. The van der Waals surface area contributed by atoms with E-state index in [1.807, 2.05) is 48.5 Å². The minimum atomic E-state index is -0.0592. The Bertz CT molecular complexity index is 1150. The van der Waals surface area contributed by atoms with Gasteiger partial charge in [-0.3, -0.25) is 0 Å². The van der Waals surface area contributed by atoms with Crippen LogP contribution in [0.5, 0.6) is 23.0 Å². The van der Waals surface area contributed by atoms with Crippen LogP contribution in [-0.2, 0) is 0 Å². The van der Waals surface area contributed by atoms with Crippen LogP contribution in [0.1, 0.15) is 47.9 Å². The Balaban J connectivity index is 1.75. The molecule has 0 radical (unpaired) electrons. The lowest BCUT2D eigenvalue weighted by Crippen LogP contribution is -2.04. The molecule has 0 bridgehead atoms. The van der Waals surface area contributed by atoms with Crippen LogP contribution in [-0.4, -0.2) is 20.4 Å². The highest BCUT2D eigenvalue weighted by atomic mass is 16.3. The van der Waals surface area contributed by atoms with E-state index in [0.717, 1.165) is 33.4 Å². The van der Waals surface area contributed by atoms with E-state index in [1.54, 1.807) is 48.5 Å². The fourth-order valence-electron chi connectivity index (χ4n) is 4.56. The van der Waals surface area contributed by atoms with E-state index in [2.05, 4.69) is 26.0 Å². The first-order valence-electron chi connectivity index (χ1n) is 11.8. The van der Waals surface area contributed by atoms with E-state index in [4.69, 9.17) is 0 Å². The molecule has 0 heterocycles. The highest BCUT2D eigenvalue weighted by Crippen LogP contribution is 2.36. The lowest BCUT2D eigenvalue weighted by Gasteiger charge is -2.21. The van der Waals surface area contributed by atoms with Crippen molar-refractivity contribution in [2.24, 2.45) is 0 Å². The van der Waals surface area contributed by atoms with Crippen molar-refractivity contribution in [2.45, 2.75) is 25.7 Å². The van der Waals surface area contributed by atoms with Crippen molar-refractivity contribution in [3.8, 4) is 23.0 Å². The number of hydrogen-bond acceptors (Lipinski definition) is 4. The molecule has 0 amide bonds. The molecule has 0 unspecified atom stereocenters. The summed E-state index contributed by atoms with van der Waals surface area (Å²) in [5, 5.41) is 39.1. The van der Waals surface area contributed by atoms with Gasteiger partial charge in [-0.15, -0.1) is 0 Å². The number of benzene rings is 4. The van der Waals surface area contributed by atoms with Crippen LogP contribution in [0.2, 0.25) is 0 Å². The van der Waals surface area contributed by atoms with Crippen molar-refractivity contribution in [1.29, 1.82) is 0 Å². The van der Waals surface area contributed by atoms with Crippen molar-refractivity contribution in [1.82, 2.24) is 0 Å². The molecule has 36 heavy (non-hydrogen) atoms. The first-order valence-corrected chi connectivity index (χ1v) is 11.8. The van der Waals surface area contributed by atoms with E-state index < -0.39 is 0 Å². The molecule has 0 aliphatic heterocycles. The molecular formula is C32H30O4. The van der Waals surface area contributed by atoms with E-state index in [-0.39, 0.29) is 34.8 Å². The Hall–Kier alpha value is -4.44. The lowest BCUT2D eigenvalue weighted by atomic mass is 9.83. The van der Waals surface area contributed by atoms with Crippen molar-refractivity contribution < 1.29 is 20.4 Å². The molecule has 4 nitrogen and oxygen atoms in total. The van der Waals surface area contributed by atoms with Gasteiger partial charge in [0.15, 0.2) is 0 Å². The van der Waals surface area contributed by atoms with Gasteiger partial charge in [0.25, 0.3) is 0 Å². The third kappa shape index (κ3) is 5.78. The van der Waals surface area contributed by atoms with E-state index in [0.29, 0.717) is 0 Å². The van der Waals surface area contributed by atoms with Crippen LogP contribution in [0.25, 0.3) is 0 Å². The van der Waals surface area contributed by atoms with Gasteiger partial charge in [0.1, 0.15) is 23.0 Å². The van der Waals surface area contributed by atoms with Crippen molar-refractivity contribution in [3.63, 3.8) is 0 Å². The van der Waals surface area contributed by atoms with Crippen LogP contribution < -0.4 is 0 Å². The second kappa shape index (κ2) is 10.9. The minimum Gasteiger partial charge on any atom is -0.508 e. The molecule has 0 saturated heterocycles. The first-order chi connectivity index (χ1) is 17.3. The summed E-state index contributed by atoms with van der Waals surface area (Å²) in [7, 11) is 0. The number of rotatable bonds is 7. The Kier molecular flexibility index (Phi) is 7.45. The van der Waals surface area contributed by atoms with Gasteiger partial charge in [-0.1, -0.05) is 71.8 Å². The van der Waals surface area contributed by atoms with Crippen molar-refractivity contribution in [2.75, 3.05) is 0 Å². The van der Waals surface area contributed by atoms with E-state index in [1.165, 1.54) is 0 Å². The summed E-state index contributed by atoms with van der Waals surface area (Å²) < 4.78 is 0. The summed E-state index contributed by atoms with van der Waals surface area (Å²) in [6.45, 7) is 4.15. The average molecular weight is 479 g/mol. The monoisotopic (exact) mass is 478 g/mol. The van der Waals surface area contributed by atoms with Crippen LogP contribution >= 0.6 is 0 Å². The second-order valence-corrected chi connectivity index (χ2v) is 9.05. The fraction of sp³-hybridized carbons (Fsp3) is 0.125. The van der Waals surface area contributed by atoms with Gasteiger partial charge < -0.3 is 20.4 Å². The SMILES string of the molecule is C/C(=C\C=C(/C)C(c1ccc(O)cc1)c1ccc(O)cc1)C(c1ccc(O)cc1)c1ccc(O)cc1. The molecule has 4 heteroatoms. The Labute approximate surface area is 211 Å². The quantitative estimate of drug-likeness (QED) is 0.209. The topological polar surface area (TPSA) is 80.9 Å². The molecule has 0 aliphatic carbocycles. The van der Waals surface area contributed by atoms with Crippen molar-refractivity contribution >= 4 is 0 Å². The second-order valence-electron chi connectivity index (χ2n) is 9.05. The van der Waals surface area contributed by atoms with Crippen LogP contribution in [0, 0.1) is 0 Å². The van der Waals surface area contributed by atoms with Gasteiger partial charge >= 0.3 is 0 Å². The smallest absolute Gasteiger partial charge is 0.115 e. The third-order valence-corrected chi connectivity index (χ3v) is 6.43. The van der Waals surface area contributed by atoms with Crippen LogP contribution in [0.4, 0.5) is 0 Å². The van der Waals surface area contributed by atoms with Crippen LogP contribution in [0.15, 0.2) is 120 Å². The zero-order chi connectivity index (χ0) is 25.7. The molecular weight excluding hydrogens is 448 g/mol. The van der Waals surface area contributed by atoms with Gasteiger partial charge in [-0.2, -0.15) is 0 Å². The summed E-state index contributed by atoms with van der Waals surface area (Å²) in [6, 6.07) is 28.8. The largest absolute Gasteiger partial charge is 0.508 e. The van der Waals surface area contributed by atoms with E-state index >= 15 is 0 Å². The van der Waals surface area contributed by atoms with Gasteiger partial charge in [-0.25, -0.2) is 0 Å². The average Bonchev–Trinajstić information content (AvgIpc) is 2.87. The Morgan fingerprint density at radius 1 is 0.417 bits per heavy atom. The van der Waals surface area contributed by atoms with Gasteiger partial charge in [0, 0.05) is 11.8 Å².